The van der Waals surface area contributed by atoms with Crippen molar-refractivity contribution < 1.29 is 23.8 Å². The number of carbonyl (C=O) groups is 2. The number of hydrazone groups is 1. The summed E-state index contributed by atoms with van der Waals surface area (Å²) in [5.41, 5.74) is 3.28. The van der Waals surface area contributed by atoms with E-state index in [1.165, 1.54) is 13.3 Å². The van der Waals surface area contributed by atoms with Crippen LogP contribution in [0.4, 0.5) is 4.79 Å². The molecule has 0 spiro atoms. The lowest BCUT2D eigenvalue weighted by molar-refractivity contribution is 0.0728. The Morgan fingerprint density at radius 2 is 1.88 bits per heavy atom. The van der Waals surface area contributed by atoms with Crippen LogP contribution in [0.3, 0.4) is 0 Å². The molecule has 25 heavy (non-hydrogen) atoms. The molecule has 7 heteroatoms. The Bertz CT molecular complexity index is 759. The fourth-order valence-electron chi connectivity index (χ4n) is 1.90. The van der Waals surface area contributed by atoms with Crippen molar-refractivity contribution in [2.75, 3.05) is 13.7 Å². The van der Waals surface area contributed by atoms with E-state index >= 15 is 0 Å². The van der Waals surface area contributed by atoms with Gasteiger partial charge < -0.3 is 14.2 Å². The van der Waals surface area contributed by atoms with Gasteiger partial charge in [0.15, 0.2) is 11.5 Å². The van der Waals surface area contributed by atoms with E-state index in [-0.39, 0.29) is 0 Å². The summed E-state index contributed by atoms with van der Waals surface area (Å²) in [7, 11) is 1.24. The van der Waals surface area contributed by atoms with Crippen molar-refractivity contribution >= 4 is 18.3 Å². The first kappa shape index (κ1) is 18.0. The molecule has 0 aromatic heterocycles. The third kappa shape index (κ3) is 5.35. The number of esters is 1. The molecule has 0 atom stereocenters. The SMILES string of the molecule is CCOc1cc(C=NNC(=O)OC)ccc1OC(=O)c1ccccc1. The van der Waals surface area contributed by atoms with Crippen LogP contribution in [0.1, 0.15) is 22.8 Å². The van der Waals surface area contributed by atoms with E-state index in [4.69, 9.17) is 9.47 Å². The molecule has 0 radical (unpaired) electrons. The minimum atomic E-state index is -0.672. The van der Waals surface area contributed by atoms with Crippen molar-refractivity contribution in [3.05, 3.63) is 59.7 Å². The van der Waals surface area contributed by atoms with Crippen LogP contribution in [0.2, 0.25) is 0 Å². The third-order valence-corrected chi connectivity index (χ3v) is 3.03. The minimum absolute atomic E-state index is 0.300. The summed E-state index contributed by atoms with van der Waals surface area (Å²) >= 11 is 0. The first-order valence-electron chi connectivity index (χ1n) is 7.55. The molecule has 2 aromatic rings. The Morgan fingerprint density at radius 3 is 2.56 bits per heavy atom. The highest BCUT2D eigenvalue weighted by Crippen LogP contribution is 2.28. The van der Waals surface area contributed by atoms with Crippen LogP contribution in [0, 0.1) is 0 Å². The fourth-order valence-corrected chi connectivity index (χ4v) is 1.90. The summed E-state index contributed by atoms with van der Waals surface area (Å²) in [5, 5.41) is 3.74. The molecule has 1 amide bonds. The number of amides is 1. The predicted octanol–water partition coefficient (Wildman–Crippen LogP) is 2.99. The quantitative estimate of drug-likeness (QED) is 0.377. The molecule has 2 aromatic carbocycles. The van der Waals surface area contributed by atoms with Gasteiger partial charge in [-0.1, -0.05) is 18.2 Å². The molecule has 0 heterocycles. The lowest BCUT2D eigenvalue weighted by Crippen LogP contribution is -2.16. The van der Waals surface area contributed by atoms with Crippen LogP contribution in [0.15, 0.2) is 53.6 Å². The van der Waals surface area contributed by atoms with Gasteiger partial charge >= 0.3 is 12.1 Å². The molecule has 0 bridgehead atoms. The van der Waals surface area contributed by atoms with Crippen LogP contribution in [-0.4, -0.2) is 32.0 Å². The molecule has 0 aliphatic carbocycles. The zero-order valence-electron chi connectivity index (χ0n) is 13.9. The molecule has 2 rings (SSSR count). The highest BCUT2D eigenvalue weighted by Gasteiger charge is 2.12. The van der Waals surface area contributed by atoms with E-state index in [1.807, 2.05) is 13.0 Å². The average Bonchev–Trinajstić information content (AvgIpc) is 2.64. The number of methoxy groups -OCH3 is 1. The summed E-state index contributed by atoms with van der Waals surface area (Å²) in [6.07, 6.45) is 0.747. The van der Waals surface area contributed by atoms with Crippen LogP contribution < -0.4 is 14.9 Å². The monoisotopic (exact) mass is 342 g/mol. The van der Waals surface area contributed by atoms with Crippen LogP contribution >= 0.6 is 0 Å². The number of nitrogens with one attached hydrogen (secondary N) is 1. The molecule has 7 nitrogen and oxygen atoms in total. The van der Waals surface area contributed by atoms with Crippen molar-refractivity contribution in [1.82, 2.24) is 5.43 Å². The summed E-state index contributed by atoms with van der Waals surface area (Å²) in [6.45, 7) is 2.22. The number of ether oxygens (including phenoxy) is 3. The van der Waals surface area contributed by atoms with Gasteiger partial charge in [-0.3, -0.25) is 0 Å². The standard InChI is InChI=1S/C18H18N2O5/c1-3-24-16-11-13(12-19-20-18(22)23-2)9-10-15(16)25-17(21)14-7-5-4-6-8-14/h4-12H,3H2,1-2H3,(H,20,22). The fraction of sp³-hybridized carbons (Fsp3) is 0.167. The van der Waals surface area contributed by atoms with Crippen LogP contribution in [0.25, 0.3) is 0 Å². The smallest absolute Gasteiger partial charge is 0.427 e. The maximum atomic E-state index is 12.2. The molecule has 0 unspecified atom stereocenters. The van der Waals surface area contributed by atoms with Crippen LogP contribution in [0.5, 0.6) is 11.5 Å². The third-order valence-electron chi connectivity index (χ3n) is 3.03. The molecular formula is C18H18N2O5. The van der Waals surface area contributed by atoms with Gasteiger partial charge in [0.2, 0.25) is 0 Å². The van der Waals surface area contributed by atoms with E-state index in [1.54, 1.807) is 42.5 Å². The molecule has 0 saturated heterocycles. The first-order valence-corrected chi connectivity index (χ1v) is 7.55. The van der Waals surface area contributed by atoms with Crippen molar-refractivity contribution in [2.45, 2.75) is 6.92 Å². The van der Waals surface area contributed by atoms with Gasteiger partial charge in [-0.25, -0.2) is 15.0 Å². The number of benzene rings is 2. The highest BCUT2D eigenvalue weighted by atomic mass is 16.6. The molecule has 0 aliphatic heterocycles. The Labute approximate surface area is 145 Å². The number of hydrogen-bond donors (Lipinski definition) is 1. The highest BCUT2D eigenvalue weighted by molar-refractivity contribution is 5.91. The number of rotatable bonds is 6. The maximum absolute atomic E-state index is 12.2. The number of nitrogens with zero attached hydrogens (tertiary/aromatic N) is 1. The van der Waals surface area contributed by atoms with Crippen molar-refractivity contribution in [3.8, 4) is 11.5 Å². The average molecular weight is 342 g/mol. The van der Waals surface area contributed by atoms with Gasteiger partial charge in [0, 0.05) is 0 Å². The summed E-state index contributed by atoms with van der Waals surface area (Å²) in [4.78, 5) is 23.1. The van der Waals surface area contributed by atoms with Gasteiger partial charge in [-0.05, 0) is 42.8 Å². The second-order valence-electron chi connectivity index (χ2n) is 4.76. The zero-order chi connectivity index (χ0) is 18.1. The Balaban J connectivity index is 2.15. The summed E-state index contributed by atoms with van der Waals surface area (Å²) in [6, 6.07) is 13.6. The second-order valence-corrected chi connectivity index (χ2v) is 4.76. The van der Waals surface area contributed by atoms with Crippen molar-refractivity contribution in [1.29, 1.82) is 0 Å². The maximum Gasteiger partial charge on any atom is 0.427 e. The number of carbonyl (C=O) groups excluding carboxylic acids is 2. The lowest BCUT2D eigenvalue weighted by atomic mass is 10.2. The van der Waals surface area contributed by atoms with Gasteiger partial charge in [0.25, 0.3) is 0 Å². The van der Waals surface area contributed by atoms with Crippen molar-refractivity contribution in [2.24, 2.45) is 5.10 Å². The molecular weight excluding hydrogens is 324 g/mol. The zero-order valence-corrected chi connectivity index (χ0v) is 13.9. The Hall–Kier alpha value is -3.35. The normalized spacial score (nSPS) is 10.3. The van der Waals surface area contributed by atoms with E-state index in [9.17, 15) is 9.59 Å². The van der Waals surface area contributed by atoms with Gasteiger partial charge in [-0.15, -0.1) is 0 Å². The molecule has 0 fully saturated rings. The molecule has 1 N–H and O–H groups in total. The predicted molar refractivity (Wildman–Crippen MR) is 92.1 cm³/mol. The molecule has 0 saturated carbocycles. The van der Waals surface area contributed by atoms with Gasteiger partial charge in [-0.2, -0.15) is 5.10 Å². The van der Waals surface area contributed by atoms with Crippen LogP contribution in [-0.2, 0) is 4.74 Å². The van der Waals surface area contributed by atoms with Crippen molar-refractivity contribution in [3.63, 3.8) is 0 Å². The Kier molecular flexibility index (Phi) is 6.53. The Morgan fingerprint density at radius 1 is 1.12 bits per heavy atom. The second kappa shape index (κ2) is 9.07. The van der Waals surface area contributed by atoms with E-state index in [0.29, 0.717) is 29.2 Å². The number of hydrogen-bond acceptors (Lipinski definition) is 6. The molecule has 0 aliphatic rings. The van der Waals surface area contributed by atoms with E-state index in [2.05, 4.69) is 15.3 Å². The first-order chi connectivity index (χ1) is 12.1. The topological polar surface area (TPSA) is 86.2 Å². The lowest BCUT2D eigenvalue weighted by Gasteiger charge is -2.11. The molecule has 130 valence electrons. The van der Waals surface area contributed by atoms with Gasteiger partial charge in [0.1, 0.15) is 0 Å². The summed E-state index contributed by atoms with van der Waals surface area (Å²) < 4.78 is 15.3. The van der Waals surface area contributed by atoms with E-state index < -0.39 is 12.1 Å². The van der Waals surface area contributed by atoms with E-state index in [0.717, 1.165) is 0 Å². The largest absolute Gasteiger partial charge is 0.490 e. The van der Waals surface area contributed by atoms with Gasteiger partial charge in [0.05, 0.1) is 25.5 Å². The summed E-state index contributed by atoms with van der Waals surface area (Å²) in [5.74, 6) is 0.220. The minimum Gasteiger partial charge on any atom is -0.490 e.